The molecular formula is C14H15ClN4O2S3. The molecule has 1 aromatic carbocycles. The molecule has 6 nitrogen and oxygen atoms in total. The Kier molecular flexibility index (Phi) is 7.83. The first-order valence-electron chi connectivity index (χ1n) is 6.96. The number of nitrogens with zero attached hydrogens (tertiary/aromatic N) is 2. The number of thioether (sulfide) groups is 2. The summed E-state index contributed by atoms with van der Waals surface area (Å²) in [5, 5.41) is 14.3. The van der Waals surface area contributed by atoms with E-state index in [1.54, 1.807) is 36.0 Å². The molecule has 0 atom stereocenters. The minimum atomic E-state index is -0.205. The van der Waals surface area contributed by atoms with Crippen LogP contribution in [0.2, 0.25) is 5.02 Å². The normalized spacial score (nSPS) is 10.4. The lowest BCUT2D eigenvalue weighted by Gasteiger charge is -2.05. The van der Waals surface area contributed by atoms with Crippen LogP contribution >= 0.6 is 46.5 Å². The van der Waals surface area contributed by atoms with Crippen LogP contribution in [-0.2, 0) is 9.59 Å². The summed E-state index contributed by atoms with van der Waals surface area (Å²) in [7, 11) is 0. The molecule has 1 heterocycles. The van der Waals surface area contributed by atoms with Gasteiger partial charge in [0.1, 0.15) is 0 Å². The molecule has 10 heteroatoms. The third-order valence-corrected chi connectivity index (χ3v) is 5.55. The number of hydrogen-bond acceptors (Lipinski definition) is 7. The smallest absolute Gasteiger partial charge is 0.236 e. The van der Waals surface area contributed by atoms with E-state index in [1.807, 2.05) is 6.92 Å². The van der Waals surface area contributed by atoms with E-state index in [0.717, 1.165) is 10.1 Å². The van der Waals surface area contributed by atoms with Crippen molar-refractivity contribution in [3.05, 3.63) is 29.3 Å². The fraction of sp³-hybridized carbons (Fsp3) is 0.286. The zero-order chi connectivity index (χ0) is 17.4. The molecule has 0 aliphatic heterocycles. The van der Waals surface area contributed by atoms with Crippen molar-refractivity contribution in [1.29, 1.82) is 0 Å². The van der Waals surface area contributed by atoms with Crippen LogP contribution < -0.4 is 10.6 Å². The number of anilines is 2. The number of hydrogen-bond donors (Lipinski definition) is 2. The molecule has 128 valence electrons. The van der Waals surface area contributed by atoms with Crippen LogP contribution in [0.5, 0.6) is 0 Å². The second kappa shape index (κ2) is 9.87. The Bertz CT molecular complexity index is 694. The topological polar surface area (TPSA) is 84.0 Å². The molecule has 0 saturated carbocycles. The van der Waals surface area contributed by atoms with Crippen LogP contribution in [0.25, 0.3) is 0 Å². The molecular weight excluding hydrogens is 388 g/mol. The molecule has 1 aromatic heterocycles. The van der Waals surface area contributed by atoms with E-state index >= 15 is 0 Å². The minimum absolute atomic E-state index is 0.171. The van der Waals surface area contributed by atoms with Gasteiger partial charge in [-0.2, -0.15) is 0 Å². The zero-order valence-corrected chi connectivity index (χ0v) is 15.9. The Balaban J connectivity index is 1.67. The molecule has 2 N–H and O–H groups in total. The number of aromatic nitrogens is 2. The predicted molar refractivity (Wildman–Crippen MR) is 102 cm³/mol. The quantitative estimate of drug-likeness (QED) is 0.518. The van der Waals surface area contributed by atoms with Crippen LogP contribution in [0.3, 0.4) is 0 Å². The molecule has 0 unspecified atom stereocenters. The molecule has 0 bridgehead atoms. The highest BCUT2D eigenvalue weighted by atomic mass is 35.5. The molecule has 0 aliphatic carbocycles. The number of nitrogens with one attached hydrogen (secondary N) is 2. The third-order valence-electron chi connectivity index (χ3n) is 2.51. The fourth-order valence-corrected chi connectivity index (χ4v) is 3.97. The number of rotatable bonds is 8. The number of halogens is 1. The Morgan fingerprint density at radius 1 is 1.12 bits per heavy atom. The van der Waals surface area contributed by atoms with Gasteiger partial charge in [-0.1, -0.05) is 41.6 Å². The van der Waals surface area contributed by atoms with Gasteiger partial charge in [0.2, 0.25) is 16.9 Å². The zero-order valence-electron chi connectivity index (χ0n) is 12.7. The summed E-state index contributed by atoms with van der Waals surface area (Å²) < 4.78 is 0.822. The second-order valence-corrected chi connectivity index (χ2v) is 8.31. The van der Waals surface area contributed by atoms with Gasteiger partial charge in [0.25, 0.3) is 0 Å². The fourth-order valence-electron chi connectivity index (χ4n) is 1.56. The first kappa shape index (κ1) is 19.0. The Morgan fingerprint density at radius 2 is 1.79 bits per heavy atom. The molecule has 0 fully saturated rings. The van der Waals surface area contributed by atoms with E-state index in [-0.39, 0.29) is 23.3 Å². The van der Waals surface area contributed by atoms with Gasteiger partial charge in [-0.25, -0.2) is 0 Å². The van der Waals surface area contributed by atoms with Crippen molar-refractivity contribution in [2.75, 3.05) is 27.9 Å². The van der Waals surface area contributed by atoms with Crippen LogP contribution in [0.1, 0.15) is 6.92 Å². The maximum Gasteiger partial charge on any atom is 0.236 e. The van der Waals surface area contributed by atoms with E-state index in [9.17, 15) is 9.59 Å². The number of amides is 2. The van der Waals surface area contributed by atoms with Gasteiger partial charge in [0.05, 0.1) is 11.5 Å². The van der Waals surface area contributed by atoms with Crippen molar-refractivity contribution >= 4 is 69.1 Å². The number of carbonyl (C=O) groups is 2. The summed E-state index contributed by atoms with van der Waals surface area (Å²) in [6.07, 6.45) is 0. The van der Waals surface area contributed by atoms with Crippen LogP contribution in [-0.4, -0.2) is 39.3 Å². The summed E-state index contributed by atoms with van der Waals surface area (Å²) in [4.78, 5) is 23.6. The van der Waals surface area contributed by atoms with Crippen molar-refractivity contribution in [2.24, 2.45) is 0 Å². The van der Waals surface area contributed by atoms with Gasteiger partial charge in [-0.05, 0) is 30.0 Å². The average Bonchev–Trinajstić information content (AvgIpc) is 2.97. The van der Waals surface area contributed by atoms with Gasteiger partial charge < -0.3 is 5.32 Å². The van der Waals surface area contributed by atoms with Gasteiger partial charge in [0.15, 0.2) is 4.34 Å². The van der Waals surface area contributed by atoms with E-state index in [0.29, 0.717) is 15.8 Å². The molecule has 2 rings (SSSR count). The molecule has 0 radical (unpaired) electrons. The summed E-state index contributed by atoms with van der Waals surface area (Å²) in [6.45, 7) is 2.02. The van der Waals surface area contributed by atoms with Gasteiger partial charge >= 0.3 is 0 Å². The molecule has 0 saturated heterocycles. The first-order chi connectivity index (χ1) is 11.6. The maximum atomic E-state index is 11.8. The molecule has 0 aliphatic rings. The van der Waals surface area contributed by atoms with Crippen molar-refractivity contribution < 1.29 is 9.59 Å². The number of benzene rings is 1. The highest BCUT2D eigenvalue weighted by Gasteiger charge is 2.10. The van der Waals surface area contributed by atoms with Crippen LogP contribution in [0.15, 0.2) is 28.6 Å². The van der Waals surface area contributed by atoms with E-state index in [2.05, 4.69) is 20.8 Å². The van der Waals surface area contributed by atoms with Crippen LogP contribution in [0, 0.1) is 0 Å². The Labute approximate surface area is 157 Å². The lowest BCUT2D eigenvalue weighted by atomic mass is 10.3. The van der Waals surface area contributed by atoms with E-state index in [4.69, 9.17) is 11.6 Å². The van der Waals surface area contributed by atoms with Crippen molar-refractivity contribution in [3.8, 4) is 0 Å². The number of carbonyl (C=O) groups excluding carboxylic acids is 2. The highest BCUT2D eigenvalue weighted by Crippen LogP contribution is 2.25. The summed E-state index contributed by atoms with van der Waals surface area (Å²) in [5.74, 6) is 0.880. The Morgan fingerprint density at radius 3 is 2.46 bits per heavy atom. The molecule has 24 heavy (non-hydrogen) atoms. The van der Waals surface area contributed by atoms with Gasteiger partial charge in [-0.15, -0.1) is 22.0 Å². The predicted octanol–water partition coefficient (Wildman–Crippen LogP) is 3.61. The third kappa shape index (κ3) is 6.68. The van der Waals surface area contributed by atoms with Crippen molar-refractivity contribution in [3.63, 3.8) is 0 Å². The average molecular weight is 403 g/mol. The SMILES string of the molecule is CCSc1nnc(NC(=O)CSCC(=O)Nc2ccc(Cl)cc2)s1. The van der Waals surface area contributed by atoms with Crippen molar-refractivity contribution in [2.45, 2.75) is 11.3 Å². The van der Waals surface area contributed by atoms with E-state index < -0.39 is 0 Å². The standard InChI is InChI=1S/C14H15ClN4O2S3/c1-2-23-14-19-18-13(24-14)17-12(21)8-22-7-11(20)16-10-5-3-9(15)4-6-10/h3-6H,2,7-8H2,1H3,(H,16,20)(H,17,18,21). The minimum Gasteiger partial charge on any atom is -0.325 e. The Hall–Kier alpha value is -1.29. The summed E-state index contributed by atoms with van der Waals surface area (Å²) >= 11 is 9.92. The lowest BCUT2D eigenvalue weighted by molar-refractivity contribution is -0.114. The maximum absolute atomic E-state index is 11.8. The molecule has 2 aromatic rings. The summed E-state index contributed by atoms with van der Waals surface area (Å²) in [6, 6.07) is 6.84. The van der Waals surface area contributed by atoms with Crippen molar-refractivity contribution in [1.82, 2.24) is 10.2 Å². The molecule has 2 amide bonds. The lowest BCUT2D eigenvalue weighted by Crippen LogP contribution is -2.18. The first-order valence-corrected chi connectivity index (χ1v) is 10.3. The van der Waals surface area contributed by atoms with Gasteiger partial charge in [-0.3, -0.25) is 14.9 Å². The van der Waals surface area contributed by atoms with Crippen LogP contribution in [0.4, 0.5) is 10.8 Å². The summed E-state index contributed by atoms with van der Waals surface area (Å²) in [5.41, 5.74) is 0.671. The van der Waals surface area contributed by atoms with E-state index in [1.165, 1.54) is 23.1 Å². The second-order valence-electron chi connectivity index (χ2n) is 4.40. The van der Waals surface area contributed by atoms with Gasteiger partial charge in [0, 0.05) is 10.7 Å². The highest BCUT2D eigenvalue weighted by molar-refractivity contribution is 8.01. The molecule has 0 spiro atoms. The largest absolute Gasteiger partial charge is 0.325 e. The monoisotopic (exact) mass is 402 g/mol.